The Morgan fingerprint density at radius 2 is 2.00 bits per heavy atom. The number of nitrogens with two attached hydrogens (primary N) is 1. The Labute approximate surface area is 114 Å². The summed E-state index contributed by atoms with van der Waals surface area (Å²) in [5.74, 6) is 0. The van der Waals surface area contributed by atoms with Gasteiger partial charge in [-0.05, 0) is 38.4 Å². The molecule has 2 atom stereocenters. The van der Waals surface area contributed by atoms with Crippen LogP contribution in [0.15, 0.2) is 18.2 Å². The van der Waals surface area contributed by atoms with Crippen molar-refractivity contribution in [3.8, 4) is 0 Å². The first-order valence-electron chi connectivity index (χ1n) is 6.49. The van der Waals surface area contributed by atoms with Crippen LogP contribution in [0.5, 0.6) is 0 Å². The van der Waals surface area contributed by atoms with Crippen LogP contribution in [0.1, 0.15) is 19.4 Å². The maximum absolute atomic E-state index is 6.37. The highest BCUT2D eigenvalue weighted by Crippen LogP contribution is 2.32. The number of rotatable bonds is 3. The van der Waals surface area contributed by atoms with Crippen molar-refractivity contribution in [2.75, 3.05) is 24.5 Å². The number of para-hydroxylation sites is 1. The van der Waals surface area contributed by atoms with E-state index in [1.807, 2.05) is 12.1 Å². The van der Waals surface area contributed by atoms with Crippen LogP contribution in [0.2, 0.25) is 5.02 Å². The molecule has 4 heteroatoms. The third-order valence-electron chi connectivity index (χ3n) is 3.22. The Hall–Kier alpha value is -0.770. The van der Waals surface area contributed by atoms with Gasteiger partial charge in [-0.1, -0.05) is 23.7 Å². The van der Waals surface area contributed by atoms with Crippen LogP contribution in [0.3, 0.4) is 0 Å². The molecule has 1 saturated heterocycles. The largest absolute Gasteiger partial charge is 0.372 e. The van der Waals surface area contributed by atoms with E-state index in [1.165, 1.54) is 5.56 Å². The molecule has 18 heavy (non-hydrogen) atoms. The molecule has 2 rings (SSSR count). The molecule has 0 aromatic heterocycles. The summed E-state index contributed by atoms with van der Waals surface area (Å²) < 4.78 is 5.77. The number of nitrogens with zero attached hydrogens (tertiary/aromatic N) is 1. The highest BCUT2D eigenvalue weighted by atomic mass is 35.5. The fourth-order valence-electron chi connectivity index (χ4n) is 2.63. The maximum Gasteiger partial charge on any atom is 0.0726 e. The average molecular weight is 269 g/mol. The molecule has 100 valence electrons. The topological polar surface area (TPSA) is 38.5 Å². The first-order valence-corrected chi connectivity index (χ1v) is 6.87. The predicted molar refractivity (Wildman–Crippen MR) is 76.4 cm³/mol. The minimum Gasteiger partial charge on any atom is -0.372 e. The summed E-state index contributed by atoms with van der Waals surface area (Å²) in [6.07, 6.45) is 1.32. The van der Waals surface area contributed by atoms with Crippen molar-refractivity contribution >= 4 is 17.3 Å². The van der Waals surface area contributed by atoms with Gasteiger partial charge < -0.3 is 15.4 Å². The lowest BCUT2D eigenvalue weighted by molar-refractivity contribution is -0.00525. The Kier molecular flexibility index (Phi) is 4.49. The molecule has 0 radical (unpaired) electrons. The van der Waals surface area contributed by atoms with Gasteiger partial charge in [-0.2, -0.15) is 0 Å². The number of morpholine rings is 1. The molecule has 1 heterocycles. The van der Waals surface area contributed by atoms with Crippen LogP contribution in [0.4, 0.5) is 5.69 Å². The molecular weight excluding hydrogens is 248 g/mol. The van der Waals surface area contributed by atoms with Crippen molar-refractivity contribution < 1.29 is 4.74 Å². The van der Waals surface area contributed by atoms with Gasteiger partial charge in [-0.15, -0.1) is 0 Å². The third-order valence-corrected chi connectivity index (χ3v) is 3.52. The fourth-order valence-corrected chi connectivity index (χ4v) is 2.95. The zero-order valence-electron chi connectivity index (χ0n) is 11.0. The van der Waals surface area contributed by atoms with Crippen molar-refractivity contribution in [1.29, 1.82) is 0 Å². The maximum atomic E-state index is 6.37. The van der Waals surface area contributed by atoms with Gasteiger partial charge in [0.2, 0.25) is 0 Å². The Bertz CT molecular complexity index is 401. The second kappa shape index (κ2) is 5.91. The molecule has 0 aliphatic carbocycles. The lowest BCUT2D eigenvalue weighted by atomic mass is 10.1. The quantitative estimate of drug-likeness (QED) is 0.915. The molecule has 1 aliphatic rings. The average Bonchev–Trinajstić information content (AvgIpc) is 2.28. The van der Waals surface area contributed by atoms with Gasteiger partial charge in [0.25, 0.3) is 0 Å². The Morgan fingerprint density at radius 3 is 2.61 bits per heavy atom. The van der Waals surface area contributed by atoms with E-state index in [4.69, 9.17) is 22.1 Å². The van der Waals surface area contributed by atoms with E-state index in [9.17, 15) is 0 Å². The lowest BCUT2D eigenvalue weighted by Crippen LogP contribution is -2.46. The minimum absolute atomic E-state index is 0.232. The summed E-state index contributed by atoms with van der Waals surface area (Å²) in [4.78, 5) is 2.33. The van der Waals surface area contributed by atoms with Crippen molar-refractivity contribution in [2.45, 2.75) is 32.5 Å². The second-order valence-electron chi connectivity index (χ2n) is 4.95. The third kappa shape index (κ3) is 2.97. The second-order valence-corrected chi connectivity index (χ2v) is 5.36. The number of benzene rings is 1. The molecule has 1 aliphatic heterocycles. The van der Waals surface area contributed by atoms with E-state index in [-0.39, 0.29) is 12.2 Å². The zero-order chi connectivity index (χ0) is 13.1. The normalized spacial score (nSPS) is 24.3. The van der Waals surface area contributed by atoms with E-state index in [0.29, 0.717) is 6.54 Å². The molecule has 2 N–H and O–H groups in total. The van der Waals surface area contributed by atoms with E-state index in [1.54, 1.807) is 0 Å². The Balaban J connectivity index is 2.30. The molecule has 1 aromatic rings. The Morgan fingerprint density at radius 1 is 1.33 bits per heavy atom. The molecule has 1 aromatic carbocycles. The van der Waals surface area contributed by atoms with Crippen LogP contribution in [-0.2, 0) is 11.2 Å². The summed E-state index contributed by atoms with van der Waals surface area (Å²) in [6.45, 7) is 6.60. The highest BCUT2D eigenvalue weighted by molar-refractivity contribution is 6.33. The SMILES string of the molecule is CC1CN(c2c(Cl)cccc2CCN)CC(C)O1. The number of anilines is 1. The van der Waals surface area contributed by atoms with Crippen LogP contribution in [-0.4, -0.2) is 31.8 Å². The van der Waals surface area contributed by atoms with Crippen LogP contribution in [0.25, 0.3) is 0 Å². The van der Waals surface area contributed by atoms with Gasteiger partial charge in [-0.3, -0.25) is 0 Å². The van der Waals surface area contributed by atoms with Crippen LogP contribution < -0.4 is 10.6 Å². The highest BCUT2D eigenvalue weighted by Gasteiger charge is 2.25. The number of hydrogen-bond acceptors (Lipinski definition) is 3. The molecule has 0 bridgehead atoms. The number of hydrogen-bond donors (Lipinski definition) is 1. The molecule has 0 saturated carbocycles. The van der Waals surface area contributed by atoms with E-state index in [2.05, 4.69) is 24.8 Å². The smallest absolute Gasteiger partial charge is 0.0726 e. The van der Waals surface area contributed by atoms with Gasteiger partial charge in [0, 0.05) is 13.1 Å². The van der Waals surface area contributed by atoms with Gasteiger partial charge >= 0.3 is 0 Å². The van der Waals surface area contributed by atoms with Crippen molar-refractivity contribution in [1.82, 2.24) is 0 Å². The predicted octanol–water partition coefficient (Wildman–Crippen LogP) is 2.45. The summed E-state index contributed by atoms with van der Waals surface area (Å²) in [7, 11) is 0. The fraction of sp³-hybridized carbons (Fsp3) is 0.571. The summed E-state index contributed by atoms with van der Waals surface area (Å²) in [5, 5.41) is 0.808. The molecular formula is C14H21ClN2O. The molecule has 1 fully saturated rings. The molecule has 0 amide bonds. The van der Waals surface area contributed by atoms with E-state index < -0.39 is 0 Å². The minimum atomic E-state index is 0.232. The monoisotopic (exact) mass is 268 g/mol. The molecule has 0 spiro atoms. The summed E-state index contributed by atoms with van der Waals surface area (Å²) in [6, 6.07) is 6.05. The first kappa shape index (κ1) is 13.7. The standard InChI is InChI=1S/C14H21ClN2O/c1-10-8-17(9-11(2)18-10)14-12(6-7-16)4-3-5-13(14)15/h3-5,10-11H,6-9,16H2,1-2H3. The van der Waals surface area contributed by atoms with Gasteiger partial charge in [0.05, 0.1) is 22.9 Å². The first-order chi connectivity index (χ1) is 8.61. The zero-order valence-corrected chi connectivity index (χ0v) is 11.8. The van der Waals surface area contributed by atoms with E-state index in [0.717, 1.165) is 30.2 Å². The number of ether oxygens (including phenoxy) is 1. The van der Waals surface area contributed by atoms with Gasteiger partial charge in [0.15, 0.2) is 0 Å². The van der Waals surface area contributed by atoms with Crippen LogP contribution in [0, 0.1) is 0 Å². The van der Waals surface area contributed by atoms with Crippen molar-refractivity contribution in [2.24, 2.45) is 5.73 Å². The van der Waals surface area contributed by atoms with Gasteiger partial charge in [-0.25, -0.2) is 0 Å². The number of halogens is 1. The van der Waals surface area contributed by atoms with Crippen molar-refractivity contribution in [3.05, 3.63) is 28.8 Å². The summed E-state index contributed by atoms with van der Waals surface area (Å²) in [5.41, 5.74) is 8.04. The lowest BCUT2D eigenvalue weighted by Gasteiger charge is -2.38. The van der Waals surface area contributed by atoms with E-state index >= 15 is 0 Å². The molecule has 2 unspecified atom stereocenters. The summed E-state index contributed by atoms with van der Waals surface area (Å²) >= 11 is 6.37. The molecule has 3 nitrogen and oxygen atoms in total. The van der Waals surface area contributed by atoms with Gasteiger partial charge in [0.1, 0.15) is 0 Å². The van der Waals surface area contributed by atoms with Crippen LogP contribution >= 0.6 is 11.6 Å². The van der Waals surface area contributed by atoms with Crippen molar-refractivity contribution in [3.63, 3.8) is 0 Å².